The van der Waals surface area contributed by atoms with Gasteiger partial charge in [-0.05, 0) is 13.3 Å². The molecule has 0 radical (unpaired) electrons. The number of ether oxygens (including phenoxy) is 1. The van der Waals surface area contributed by atoms with Crippen LogP contribution in [-0.2, 0) is 11.3 Å². The van der Waals surface area contributed by atoms with E-state index in [1.165, 1.54) is 30.3 Å². The summed E-state index contributed by atoms with van der Waals surface area (Å²) >= 11 is 3.88. The van der Waals surface area contributed by atoms with Crippen molar-refractivity contribution in [3.05, 3.63) is 16.1 Å². The van der Waals surface area contributed by atoms with E-state index in [2.05, 4.69) is 33.9 Å². The number of thioether (sulfide) groups is 1. The fourth-order valence-electron chi connectivity index (χ4n) is 2.72. The Bertz CT molecular complexity index is 401. The van der Waals surface area contributed by atoms with Crippen LogP contribution in [0.15, 0.2) is 5.38 Å². The summed E-state index contributed by atoms with van der Waals surface area (Å²) in [6, 6.07) is 0. The lowest BCUT2D eigenvalue weighted by atomic mass is 9.93. The van der Waals surface area contributed by atoms with Crippen LogP contribution in [0, 0.1) is 6.92 Å². The van der Waals surface area contributed by atoms with Crippen LogP contribution in [0.5, 0.6) is 0 Å². The number of nitrogens with zero attached hydrogens (tertiary/aromatic N) is 2. The van der Waals surface area contributed by atoms with E-state index in [0.29, 0.717) is 10.9 Å². The number of thiazole rings is 1. The molecule has 1 aromatic rings. The van der Waals surface area contributed by atoms with Gasteiger partial charge >= 0.3 is 0 Å². The van der Waals surface area contributed by atoms with Gasteiger partial charge in [0.2, 0.25) is 0 Å². The highest BCUT2D eigenvalue weighted by Crippen LogP contribution is 2.46. The highest BCUT2D eigenvalue weighted by molar-refractivity contribution is 8.01. The fourth-order valence-corrected chi connectivity index (χ4v) is 5.18. The van der Waals surface area contributed by atoms with Gasteiger partial charge in [0.1, 0.15) is 5.01 Å². The molecule has 3 rings (SSSR count). The molecule has 0 amide bonds. The maximum Gasteiger partial charge on any atom is 0.107 e. The Balaban J connectivity index is 1.52. The van der Waals surface area contributed by atoms with Gasteiger partial charge in [-0.15, -0.1) is 23.1 Å². The van der Waals surface area contributed by atoms with E-state index in [1.54, 1.807) is 11.3 Å². The maximum atomic E-state index is 5.45. The van der Waals surface area contributed by atoms with Crippen LogP contribution in [-0.4, -0.2) is 46.7 Å². The van der Waals surface area contributed by atoms with Crippen LogP contribution in [0.1, 0.15) is 17.1 Å². The van der Waals surface area contributed by atoms with Crippen molar-refractivity contribution in [2.75, 3.05) is 26.0 Å². The average molecular weight is 270 g/mol. The van der Waals surface area contributed by atoms with Crippen molar-refractivity contribution in [3.8, 4) is 0 Å². The number of aromatic nitrogens is 1. The molecule has 1 spiro atoms. The van der Waals surface area contributed by atoms with Gasteiger partial charge in [-0.1, -0.05) is 0 Å². The van der Waals surface area contributed by atoms with Crippen molar-refractivity contribution < 1.29 is 4.74 Å². The molecule has 1 aromatic heterocycles. The number of hydrogen-bond donors (Lipinski definition) is 0. The van der Waals surface area contributed by atoms with E-state index in [-0.39, 0.29) is 0 Å². The van der Waals surface area contributed by atoms with Gasteiger partial charge in [0.25, 0.3) is 0 Å². The van der Waals surface area contributed by atoms with Gasteiger partial charge in [-0.25, -0.2) is 4.98 Å². The highest BCUT2D eigenvalue weighted by atomic mass is 32.2. The summed E-state index contributed by atoms with van der Waals surface area (Å²) in [4.78, 5) is 7.03. The van der Waals surface area contributed by atoms with Crippen molar-refractivity contribution in [1.82, 2.24) is 9.88 Å². The fraction of sp³-hybridized carbons (Fsp3) is 0.750. The Kier molecular flexibility index (Phi) is 3.19. The van der Waals surface area contributed by atoms with Gasteiger partial charge in [0.15, 0.2) is 0 Å². The Hall–Kier alpha value is -0.100. The summed E-state index contributed by atoms with van der Waals surface area (Å²) in [6.07, 6.45) is 1.70. The molecular weight excluding hydrogens is 252 g/mol. The minimum Gasteiger partial charge on any atom is -0.381 e. The first-order chi connectivity index (χ1) is 8.19. The van der Waals surface area contributed by atoms with Gasteiger partial charge in [-0.3, -0.25) is 4.90 Å². The third-order valence-electron chi connectivity index (χ3n) is 3.56. The van der Waals surface area contributed by atoms with Crippen LogP contribution in [0.4, 0.5) is 0 Å². The zero-order valence-electron chi connectivity index (χ0n) is 10.3. The monoisotopic (exact) mass is 270 g/mol. The molecule has 5 heteroatoms. The van der Waals surface area contributed by atoms with Crippen molar-refractivity contribution in [3.63, 3.8) is 0 Å². The SMILES string of the molecule is CO[C@@H]1CSC2(C1)CN(Cc1nc(C)cs1)C2. The minimum absolute atomic E-state index is 0.476. The number of methoxy groups -OCH3 is 1. The van der Waals surface area contributed by atoms with E-state index in [0.717, 1.165) is 12.2 Å². The number of likely N-dealkylation sites (tertiary alicyclic amines) is 1. The first kappa shape index (κ1) is 12.0. The van der Waals surface area contributed by atoms with Crippen molar-refractivity contribution in [2.45, 2.75) is 30.7 Å². The predicted octanol–water partition coefficient (Wildman–Crippen LogP) is 2.16. The normalized spacial score (nSPS) is 27.5. The predicted molar refractivity (Wildman–Crippen MR) is 72.7 cm³/mol. The third-order valence-corrected chi connectivity index (χ3v) is 6.08. The van der Waals surface area contributed by atoms with Crippen molar-refractivity contribution in [1.29, 1.82) is 0 Å². The molecule has 94 valence electrons. The molecule has 1 atom stereocenters. The molecule has 0 aliphatic carbocycles. The van der Waals surface area contributed by atoms with E-state index in [1.807, 2.05) is 7.11 Å². The molecule has 0 saturated carbocycles. The second-order valence-electron chi connectivity index (χ2n) is 5.08. The van der Waals surface area contributed by atoms with E-state index >= 15 is 0 Å². The molecule has 0 unspecified atom stereocenters. The minimum atomic E-state index is 0.476. The smallest absolute Gasteiger partial charge is 0.107 e. The Labute approximate surface area is 111 Å². The van der Waals surface area contributed by atoms with E-state index in [4.69, 9.17) is 4.74 Å². The van der Waals surface area contributed by atoms with Crippen LogP contribution in [0.25, 0.3) is 0 Å². The van der Waals surface area contributed by atoms with Crippen LogP contribution < -0.4 is 0 Å². The van der Waals surface area contributed by atoms with E-state index in [9.17, 15) is 0 Å². The molecule has 2 saturated heterocycles. The molecule has 3 nitrogen and oxygen atoms in total. The van der Waals surface area contributed by atoms with Gasteiger partial charge in [0, 0.05) is 41.8 Å². The largest absolute Gasteiger partial charge is 0.381 e. The van der Waals surface area contributed by atoms with E-state index < -0.39 is 0 Å². The van der Waals surface area contributed by atoms with Crippen LogP contribution in [0.3, 0.4) is 0 Å². The molecular formula is C12H18N2OS2. The Morgan fingerprint density at radius 1 is 1.59 bits per heavy atom. The number of hydrogen-bond acceptors (Lipinski definition) is 5. The molecule has 0 bridgehead atoms. The first-order valence-electron chi connectivity index (χ1n) is 5.99. The maximum absolute atomic E-state index is 5.45. The summed E-state index contributed by atoms with van der Waals surface area (Å²) in [5.74, 6) is 1.17. The lowest BCUT2D eigenvalue weighted by molar-refractivity contribution is 0.0631. The molecule has 3 heterocycles. The zero-order chi connectivity index (χ0) is 11.9. The van der Waals surface area contributed by atoms with Gasteiger partial charge in [-0.2, -0.15) is 0 Å². The number of rotatable bonds is 3. The quantitative estimate of drug-likeness (QED) is 0.840. The zero-order valence-corrected chi connectivity index (χ0v) is 11.9. The summed E-state index contributed by atoms with van der Waals surface area (Å²) < 4.78 is 5.94. The summed E-state index contributed by atoms with van der Waals surface area (Å²) in [5.41, 5.74) is 1.15. The lowest BCUT2D eigenvalue weighted by Gasteiger charge is -2.47. The van der Waals surface area contributed by atoms with Gasteiger partial charge < -0.3 is 4.74 Å². The molecule has 0 aromatic carbocycles. The second kappa shape index (κ2) is 4.53. The van der Waals surface area contributed by atoms with Crippen LogP contribution >= 0.6 is 23.1 Å². The topological polar surface area (TPSA) is 25.4 Å². The summed E-state index contributed by atoms with van der Waals surface area (Å²) in [5, 5.41) is 3.39. The Morgan fingerprint density at radius 3 is 3.00 bits per heavy atom. The molecule has 2 fully saturated rings. The Morgan fingerprint density at radius 2 is 2.41 bits per heavy atom. The summed E-state index contributed by atoms with van der Waals surface area (Å²) in [6.45, 7) is 5.50. The van der Waals surface area contributed by atoms with Crippen LogP contribution in [0.2, 0.25) is 0 Å². The number of aryl methyl sites for hydroxylation is 1. The van der Waals surface area contributed by atoms with Crippen molar-refractivity contribution >= 4 is 23.1 Å². The van der Waals surface area contributed by atoms with Gasteiger partial charge in [0.05, 0.1) is 12.6 Å². The summed E-state index contributed by atoms with van der Waals surface area (Å²) in [7, 11) is 1.83. The first-order valence-corrected chi connectivity index (χ1v) is 7.86. The average Bonchev–Trinajstić information content (AvgIpc) is 2.85. The molecule has 17 heavy (non-hydrogen) atoms. The third kappa shape index (κ3) is 2.38. The molecule has 2 aliphatic heterocycles. The van der Waals surface area contributed by atoms with Crippen molar-refractivity contribution in [2.24, 2.45) is 0 Å². The lowest BCUT2D eigenvalue weighted by Crippen LogP contribution is -2.58. The molecule has 0 N–H and O–H groups in total. The molecule has 2 aliphatic rings. The highest BCUT2D eigenvalue weighted by Gasteiger charge is 2.48. The second-order valence-corrected chi connectivity index (χ2v) is 7.51. The standard InChI is InChI=1S/C12H18N2OS2/c1-9-5-16-11(13-9)4-14-7-12(8-14)3-10(15-2)6-17-12/h5,10H,3-4,6-8H2,1-2H3/t10-/m0/s1.